The third-order valence-corrected chi connectivity index (χ3v) is 2.15. The van der Waals surface area contributed by atoms with Crippen LogP contribution in [0.25, 0.3) is 0 Å². The van der Waals surface area contributed by atoms with Crippen LogP contribution in [0.1, 0.15) is 17.5 Å². The second-order valence-corrected chi connectivity index (χ2v) is 3.41. The van der Waals surface area contributed by atoms with E-state index in [-0.39, 0.29) is 6.61 Å². The Bertz CT molecular complexity index is 377. The predicted molar refractivity (Wildman–Crippen MR) is 64.3 cm³/mol. The van der Waals surface area contributed by atoms with Gasteiger partial charge in [0.05, 0.1) is 13.7 Å². The highest BCUT2D eigenvalue weighted by atomic mass is 32.1. The summed E-state index contributed by atoms with van der Waals surface area (Å²) in [5.41, 5.74) is 1.67. The Kier molecular flexibility index (Phi) is 5.09. The van der Waals surface area contributed by atoms with Gasteiger partial charge in [0.2, 0.25) is 0 Å². The van der Waals surface area contributed by atoms with Gasteiger partial charge in [0.25, 0.3) is 0 Å². The van der Waals surface area contributed by atoms with Crippen LogP contribution in [0, 0.1) is 11.8 Å². The summed E-state index contributed by atoms with van der Waals surface area (Å²) in [5, 5.41) is 9.03. The maximum absolute atomic E-state index is 9.03. The van der Waals surface area contributed by atoms with Gasteiger partial charge in [-0.15, -0.1) is 0 Å². The topological polar surface area (TPSA) is 29.5 Å². The van der Waals surface area contributed by atoms with Crippen molar-refractivity contribution < 1.29 is 9.84 Å². The minimum atomic E-state index is -0.0203. The largest absolute Gasteiger partial charge is 0.496 e. The Morgan fingerprint density at radius 3 is 2.87 bits per heavy atom. The van der Waals surface area contributed by atoms with Crippen molar-refractivity contribution in [3.63, 3.8) is 0 Å². The molecular formula is C12H14O2S. The third kappa shape index (κ3) is 3.50. The molecule has 0 atom stereocenters. The molecule has 0 amide bonds. The first kappa shape index (κ1) is 12.0. The Hall–Kier alpha value is -1.11. The highest BCUT2D eigenvalue weighted by molar-refractivity contribution is 7.80. The molecule has 0 aliphatic rings. The molecule has 80 valence electrons. The normalized spacial score (nSPS) is 9.27. The van der Waals surface area contributed by atoms with Gasteiger partial charge in [0.1, 0.15) is 5.75 Å². The van der Waals surface area contributed by atoms with Gasteiger partial charge in [0, 0.05) is 23.3 Å². The molecule has 0 aliphatic carbocycles. The smallest absolute Gasteiger partial charge is 0.125 e. The SMILES string of the molecule is COc1cc(C#CCCS)ccc1CO. The molecule has 0 aliphatic heterocycles. The zero-order chi connectivity index (χ0) is 11.1. The number of thiol groups is 1. The van der Waals surface area contributed by atoms with Gasteiger partial charge in [-0.05, 0) is 12.1 Å². The summed E-state index contributed by atoms with van der Waals surface area (Å²) in [4.78, 5) is 0. The zero-order valence-electron chi connectivity index (χ0n) is 8.66. The molecule has 3 heteroatoms. The van der Waals surface area contributed by atoms with E-state index in [2.05, 4.69) is 24.5 Å². The second kappa shape index (κ2) is 6.39. The first-order chi connectivity index (χ1) is 7.31. The van der Waals surface area contributed by atoms with E-state index in [1.165, 1.54) is 0 Å². The third-order valence-electron chi connectivity index (χ3n) is 1.93. The van der Waals surface area contributed by atoms with Crippen LogP contribution in [0.5, 0.6) is 5.75 Å². The van der Waals surface area contributed by atoms with Crippen LogP contribution in [0.2, 0.25) is 0 Å². The number of aliphatic hydroxyl groups excluding tert-OH is 1. The second-order valence-electron chi connectivity index (χ2n) is 2.96. The fourth-order valence-corrected chi connectivity index (χ4v) is 1.29. The van der Waals surface area contributed by atoms with Gasteiger partial charge >= 0.3 is 0 Å². The van der Waals surface area contributed by atoms with Gasteiger partial charge in [-0.1, -0.05) is 17.9 Å². The van der Waals surface area contributed by atoms with E-state index < -0.39 is 0 Å². The zero-order valence-corrected chi connectivity index (χ0v) is 9.55. The van der Waals surface area contributed by atoms with E-state index >= 15 is 0 Å². The van der Waals surface area contributed by atoms with Crippen molar-refractivity contribution in [2.24, 2.45) is 0 Å². The molecule has 0 radical (unpaired) electrons. The molecule has 1 aromatic rings. The highest BCUT2D eigenvalue weighted by Gasteiger charge is 2.01. The molecular weight excluding hydrogens is 208 g/mol. The molecule has 2 nitrogen and oxygen atoms in total. The number of hydrogen-bond donors (Lipinski definition) is 2. The Morgan fingerprint density at radius 2 is 2.27 bits per heavy atom. The first-order valence-electron chi connectivity index (χ1n) is 4.69. The quantitative estimate of drug-likeness (QED) is 0.604. The van der Waals surface area contributed by atoms with Crippen molar-refractivity contribution in [3.05, 3.63) is 29.3 Å². The number of hydrogen-bond acceptors (Lipinski definition) is 3. The van der Waals surface area contributed by atoms with Crippen molar-refractivity contribution in [1.29, 1.82) is 0 Å². The van der Waals surface area contributed by atoms with Crippen molar-refractivity contribution in [2.45, 2.75) is 13.0 Å². The van der Waals surface area contributed by atoms with Gasteiger partial charge in [0.15, 0.2) is 0 Å². The number of benzene rings is 1. The fraction of sp³-hybridized carbons (Fsp3) is 0.333. The number of ether oxygens (including phenoxy) is 1. The summed E-state index contributed by atoms with van der Waals surface area (Å²) in [7, 11) is 1.58. The summed E-state index contributed by atoms with van der Waals surface area (Å²) in [6.07, 6.45) is 0.771. The van der Waals surface area contributed by atoms with Crippen LogP contribution in [0.4, 0.5) is 0 Å². The van der Waals surface area contributed by atoms with E-state index in [1.807, 2.05) is 18.2 Å². The van der Waals surface area contributed by atoms with Crippen LogP contribution in [0.15, 0.2) is 18.2 Å². The van der Waals surface area contributed by atoms with E-state index in [4.69, 9.17) is 9.84 Å². The van der Waals surface area contributed by atoms with Gasteiger partial charge in [-0.2, -0.15) is 12.6 Å². The van der Waals surface area contributed by atoms with Crippen molar-refractivity contribution in [1.82, 2.24) is 0 Å². The lowest BCUT2D eigenvalue weighted by atomic mass is 10.1. The van der Waals surface area contributed by atoms with Crippen molar-refractivity contribution in [2.75, 3.05) is 12.9 Å². The summed E-state index contributed by atoms with van der Waals surface area (Å²) < 4.78 is 5.14. The number of rotatable bonds is 3. The standard InChI is InChI=1S/C12H14O2S/c1-14-12-8-10(4-2-3-7-15)5-6-11(12)9-13/h5-6,8,13,15H,3,7,9H2,1H3. The van der Waals surface area contributed by atoms with Crippen molar-refractivity contribution in [3.8, 4) is 17.6 Å². The van der Waals surface area contributed by atoms with Crippen LogP contribution in [-0.2, 0) is 6.61 Å². The van der Waals surface area contributed by atoms with Gasteiger partial charge in [-0.25, -0.2) is 0 Å². The molecule has 1 N–H and O–H groups in total. The van der Waals surface area contributed by atoms with E-state index in [0.717, 1.165) is 23.3 Å². The molecule has 0 heterocycles. The van der Waals surface area contributed by atoms with E-state index in [1.54, 1.807) is 7.11 Å². The fourth-order valence-electron chi connectivity index (χ4n) is 1.17. The van der Waals surface area contributed by atoms with Crippen LogP contribution in [0.3, 0.4) is 0 Å². The summed E-state index contributed by atoms with van der Waals surface area (Å²) in [6.45, 7) is -0.0203. The Balaban J connectivity index is 2.89. The highest BCUT2D eigenvalue weighted by Crippen LogP contribution is 2.19. The van der Waals surface area contributed by atoms with E-state index in [9.17, 15) is 0 Å². The van der Waals surface area contributed by atoms with Crippen LogP contribution < -0.4 is 4.74 Å². The van der Waals surface area contributed by atoms with Crippen LogP contribution >= 0.6 is 12.6 Å². The summed E-state index contributed by atoms with van der Waals surface area (Å²) in [6, 6.07) is 5.53. The maximum atomic E-state index is 9.03. The summed E-state index contributed by atoms with van der Waals surface area (Å²) in [5.74, 6) is 7.45. The Morgan fingerprint density at radius 1 is 1.47 bits per heavy atom. The molecule has 0 spiro atoms. The first-order valence-corrected chi connectivity index (χ1v) is 5.32. The van der Waals surface area contributed by atoms with Gasteiger partial charge < -0.3 is 9.84 Å². The average molecular weight is 222 g/mol. The molecule has 1 rings (SSSR count). The molecule has 0 saturated heterocycles. The van der Waals surface area contributed by atoms with E-state index in [0.29, 0.717) is 5.75 Å². The monoisotopic (exact) mass is 222 g/mol. The van der Waals surface area contributed by atoms with Crippen LogP contribution in [-0.4, -0.2) is 18.0 Å². The Labute approximate surface area is 95.7 Å². The lowest BCUT2D eigenvalue weighted by Crippen LogP contribution is -1.92. The molecule has 15 heavy (non-hydrogen) atoms. The minimum Gasteiger partial charge on any atom is -0.496 e. The number of methoxy groups -OCH3 is 1. The van der Waals surface area contributed by atoms with Gasteiger partial charge in [-0.3, -0.25) is 0 Å². The predicted octanol–water partition coefficient (Wildman–Crippen LogP) is 1.86. The average Bonchev–Trinajstić information content (AvgIpc) is 2.29. The lowest BCUT2D eigenvalue weighted by molar-refractivity contribution is 0.274. The molecule has 1 aromatic carbocycles. The number of aliphatic hydroxyl groups is 1. The molecule has 0 aromatic heterocycles. The molecule has 0 bridgehead atoms. The summed E-state index contributed by atoms with van der Waals surface area (Å²) >= 11 is 4.08. The molecule has 0 unspecified atom stereocenters. The molecule has 0 fully saturated rings. The minimum absolute atomic E-state index is 0.0203. The lowest BCUT2D eigenvalue weighted by Gasteiger charge is -2.05. The molecule has 0 saturated carbocycles. The maximum Gasteiger partial charge on any atom is 0.125 e. The van der Waals surface area contributed by atoms with Crippen molar-refractivity contribution >= 4 is 12.6 Å².